The quantitative estimate of drug-likeness (QED) is 0.807. The van der Waals surface area contributed by atoms with Gasteiger partial charge < -0.3 is 5.32 Å². The Labute approximate surface area is 89.8 Å². The second-order valence-electron chi connectivity index (χ2n) is 4.04. The van der Waals surface area contributed by atoms with E-state index in [0.717, 1.165) is 19.0 Å². The molecule has 0 unspecified atom stereocenters. The van der Waals surface area contributed by atoms with E-state index in [4.69, 9.17) is 0 Å². The first kappa shape index (κ1) is 10.1. The van der Waals surface area contributed by atoms with E-state index in [1.54, 1.807) is 0 Å². The van der Waals surface area contributed by atoms with Crippen molar-refractivity contribution in [3.05, 3.63) is 15.6 Å². The summed E-state index contributed by atoms with van der Waals surface area (Å²) in [5.41, 5.74) is 1.23. The predicted molar refractivity (Wildman–Crippen MR) is 60.7 cm³/mol. The number of thiazole rings is 1. The molecule has 78 valence electrons. The van der Waals surface area contributed by atoms with Gasteiger partial charge in [0.2, 0.25) is 0 Å². The number of nitrogens with zero attached hydrogens (tertiary/aromatic N) is 1. The maximum absolute atomic E-state index is 4.62. The van der Waals surface area contributed by atoms with E-state index in [2.05, 4.69) is 24.1 Å². The highest BCUT2D eigenvalue weighted by molar-refractivity contribution is 7.11. The summed E-state index contributed by atoms with van der Waals surface area (Å²) in [4.78, 5) is 6.04. The molecule has 2 rings (SSSR count). The molecule has 0 aliphatic heterocycles. The van der Waals surface area contributed by atoms with Gasteiger partial charge in [-0.3, -0.25) is 0 Å². The molecule has 1 aliphatic carbocycles. The lowest BCUT2D eigenvalue weighted by Gasteiger charge is -1.97. The van der Waals surface area contributed by atoms with Gasteiger partial charge in [-0.25, -0.2) is 4.98 Å². The molecular weight excluding hydrogens is 192 g/mol. The second kappa shape index (κ2) is 4.41. The molecule has 1 aromatic heterocycles. The minimum absolute atomic E-state index is 0.951. The van der Waals surface area contributed by atoms with E-state index in [-0.39, 0.29) is 0 Å². The average molecular weight is 210 g/mol. The van der Waals surface area contributed by atoms with Crippen molar-refractivity contribution in [2.24, 2.45) is 5.92 Å². The van der Waals surface area contributed by atoms with Gasteiger partial charge in [0.1, 0.15) is 0 Å². The van der Waals surface area contributed by atoms with Crippen LogP contribution in [0.15, 0.2) is 0 Å². The molecule has 0 bridgehead atoms. The molecule has 3 heteroatoms. The summed E-state index contributed by atoms with van der Waals surface area (Å²) in [7, 11) is 0. The second-order valence-corrected chi connectivity index (χ2v) is 5.21. The number of nitrogens with one attached hydrogen (secondary N) is 1. The van der Waals surface area contributed by atoms with E-state index in [9.17, 15) is 0 Å². The fourth-order valence-corrected chi connectivity index (χ4v) is 2.70. The predicted octanol–water partition coefficient (Wildman–Crippen LogP) is 2.51. The largest absolute Gasteiger partial charge is 0.312 e. The topological polar surface area (TPSA) is 24.9 Å². The Morgan fingerprint density at radius 3 is 2.93 bits per heavy atom. The fraction of sp³-hybridized carbons (Fsp3) is 0.727. The first-order chi connectivity index (χ1) is 6.79. The highest BCUT2D eigenvalue weighted by Crippen LogP contribution is 2.34. The molecule has 14 heavy (non-hydrogen) atoms. The maximum atomic E-state index is 4.62. The lowest BCUT2D eigenvalue weighted by Crippen LogP contribution is -2.11. The van der Waals surface area contributed by atoms with Crippen LogP contribution in [0.5, 0.6) is 0 Å². The van der Waals surface area contributed by atoms with Gasteiger partial charge in [0.25, 0.3) is 0 Å². The zero-order valence-corrected chi connectivity index (χ0v) is 9.78. The molecule has 0 saturated heterocycles. The average Bonchev–Trinajstić information content (AvgIpc) is 2.88. The van der Waals surface area contributed by atoms with Crippen LogP contribution in [0, 0.1) is 12.8 Å². The minimum atomic E-state index is 0.951. The van der Waals surface area contributed by atoms with Crippen molar-refractivity contribution in [1.29, 1.82) is 0 Å². The normalized spacial score (nSPS) is 16.1. The third kappa shape index (κ3) is 2.55. The van der Waals surface area contributed by atoms with Gasteiger partial charge in [0.15, 0.2) is 0 Å². The molecule has 1 heterocycles. The van der Waals surface area contributed by atoms with Crippen molar-refractivity contribution in [1.82, 2.24) is 10.3 Å². The Morgan fingerprint density at radius 1 is 1.50 bits per heavy atom. The Balaban J connectivity index is 1.96. The molecule has 1 fully saturated rings. The van der Waals surface area contributed by atoms with E-state index in [1.807, 2.05) is 11.3 Å². The van der Waals surface area contributed by atoms with Crippen molar-refractivity contribution < 1.29 is 0 Å². The van der Waals surface area contributed by atoms with Gasteiger partial charge >= 0.3 is 0 Å². The van der Waals surface area contributed by atoms with Gasteiger partial charge in [0.05, 0.1) is 10.7 Å². The van der Waals surface area contributed by atoms with Gasteiger partial charge in [-0.15, -0.1) is 11.3 Å². The van der Waals surface area contributed by atoms with Crippen molar-refractivity contribution >= 4 is 11.3 Å². The van der Waals surface area contributed by atoms with E-state index < -0.39 is 0 Å². The van der Waals surface area contributed by atoms with Crippen LogP contribution in [0.3, 0.4) is 0 Å². The van der Waals surface area contributed by atoms with Gasteiger partial charge in [-0.1, -0.05) is 6.92 Å². The van der Waals surface area contributed by atoms with Crippen LogP contribution in [0.25, 0.3) is 0 Å². The third-order valence-corrected chi connectivity index (χ3v) is 3.81. The molecule has 0 spiro atoms. The Bertz CT molecular complexity index is 302. The fourth-order valence-electron chi connectivity index (χ4n) is 1.55. The van der Waals surface area contributed by atoms with Gasteiger partial charge in [-0.05, 0) is 32.2 Å². The van der Waals surface area contributed by atoms with Crippen LogP contribution in [0.4, 0.5) is 0 Å². The van der Waals surface area contributed by atoms with Crippen LogP contribution in [0.1, 0.15) is 35.3 Å². The molecule has 0 radical (unpaired) electrons. The number of rotatable bonds is 5. The maximum Gasteiger partial charge on any atom is 0.0934 e. The number of hydrogen-bond donors (Lipinski definition) is 1. The van der Waals surface area contributed by atoms with Gasteiger partial charge in [0, 0.05) is 17.8 Å². The first-order valence-corrected chi connectivity index (χ1v) is 6.27. The molecule has 0 atom stereocenters. The zero-order chi connectivity index (χ0) is 9.97. The van der Waals surface area contributed by atoms with Crippen LogP contribution >= 0.6 is 11.3 Å². The molecule has 1 N–H and O–H groups in total. The van der Waals surface area contributed by atoms with Gasteiger partial charge in [-0.2, -0.15) is 0 Å². The summed E-state index contributed by atoms with van der Waals surface area (Å²) >= 11 is 1.89. The molecule has 0 amide bonds. The Hall–Kier alpha value is -0.410. The van der Waals surface area contributed by atoms with Crippen molar-refractivity contribution in [3.8, 4) is 0 Å². The van der Waals surface area contributed by atoms with E-state index in [0.29, 0.717) is 0 Å². The summed E-state index contributed by atoms with van der Waals surface area (Å²) < 4.78 is 0. The lowest BCUT2D eigenvalue weighted by molar-refractivity contribution is 0.730. The molecule has 1 aliphatic rings. The molecule has 1 saturated carbocycles. The molecule has 0 aromatic carbocycles. The SMILES string of the molecule is CCNCc1sc(CC2CC2)nc1C. The number of aryl methyl sites for hydroxylation is 1. The van der Waals surface area contributed by atoms with Crippen molar-refractivity contribution in [3.63, 3.8) is 0 Å². The number of aromatic nitrogens is 1. The van der Waals surface area contributed by atoms with Crippen LogP contribution in [0.2, 0.25) is 0 Å². The Morgan fingerprint density at radius 2 is 2.29 bits per heavy atom. The van der Waals surface area contributed by atoms with Crippen molar-refractivity contribution in [2.75, 3.05) is 6.54 Å². The number of hydrogen-bond acceptors (Lipinski definition) is 3. The smallest absolute Gasteiger partial charge is 0.0934 e. The minimum Gasteiger partial charge on any atom is -0.312 e. The molecule has 2 nitrogen and oxygen atoms in total. The highest BCUT2D eigenvalue weighted by atomic mass is 32.1. The summed E-state index contributed by atoms with van der Waals surface area (Å²) in [6, 6.07) is 0. The van der Waals surface area contributed by atoms with E-state index in [1.165, 1.54) is 34.8 Å². The summed E-state index contributed by atoms with van der Waals surface area (Å²) in [5, 5.41) is 4.70. The Kier molecular flexibility index (Phi) is 3.19. The summed E-state index contributed by atoms with van der Waals surface area (Å²) in [5.74, 6) is 0.951. The molecular formula is C11H18N2S. The summed E-state index contributed by atoms with van der Waals surface area (Å²) in [6.07, 6.45) is 4.06. The van der Waals surface area contributed by atoms with Crippen LogP contribution in [-0.2, 0) is 13.0 Å². The zero-order valence-electron chi connectivity index (χ0n) is 8.97. The lowest BCUT2D eigenvalue weighted by atomic mass is 10.3. The first-order valence-electron chi connectivity index (χ1n) is 5.45. The monoisotopic (exact) mass is 210 g/mol. The van der Waals surface area contributed by atoms with E-state index >= 15 is 0 Å². The van der Waals surface area contributed by atoms with Crippen LogP contribution in [-0.4, -0.2) is 11.5 Å². The van der Waals surface area contributed by atoms with Crippen LogP contribution < -0.4 is 5.32 Å². The third-order valence-electron chi connectivity index (χ3n) is 2.63. The van der Waals surface area contributed by atoms with Crippen molar-refractivity contribution in [2.45, 2.75) is 39.7 Å². The highest BCUT2D eigenvalue weighted by Gasteiger charge is 2.23. The standard InChI is InChI=1S/C11H18N2S/c1-3-12-7-10-8(2)13-11(14-10)6-9-4-5-9/h9,12H,3-7H2,1-2H3. The summed E-state index contributed by atoms with van der Waals surface area (Å²) in [6.45, 7) is 6.29. The molecule has 1 aromatic rings.